The lowest BCUT2D eigenvalue weighted by Gasteiger charge is -2.09. The SMILES string of the molecule is N#Cc1ccc(Br)cc1NC(=O)c1ccc(O)cc1O. The van der Waals surface area contributed by atoms with Crippen LogP contribution in [0.4, 0.5) is 5.69 Å². The number of hydrogen-bond acceptors (Lipinski definition) is 4. The first-order valence-corrected chi connectivity index (χ1v) is 6.33. The molecule has 0 bridgehead atoms. The number of nitrogens with one attached hydrogen (secondary N) is 1. The van der Waals surface area contributed by atoms with Gasteiger partial charge in [0.1, 0.15) is 17.6 Å². The van der Waals surface area contributed by atoms with E-state index in [2.05, 4.69) is 21.2 Å². The Balaban J connectivity index is 2.33. The lowest BCUT2D eigenvalue weighted by atomic mass is 10.1. The van der Waals surface area contributed by atoms with Gasteiger partial charge < -0.3 is 15.5 Å². The summed E-state index contributed by atoms with van der Waals surface area (Å²) in [5.74, 6) is -1.05. The van der Waals surface area contributed by atoms with Crippen molar-refractivity contribution in [2.24, 2.45) is 0 Å². The van der Waals surface area contributed by atoms with E-state index in [4.69, 9.17) is 5.26 Å². The lowest BCUT2D eigenvalue weighted by molar-refractivity contribution is 0.102. The van der Waals surface area contributed by atoms with Gasteiger partial charge in [0, 0.05) is 10.5 Å². The van der Waals surface area contributed by atoms with Crippen LogP contribution in [0.15, 0.2) is 40.9 Å². The molecule has 0 aliphatic heterocycles. The van der Waals surface area contributed by atoms with Gasteiger partial charge in [-0.3, -0.25) is 4.79 Å². The Labute approximate surface area is 123 Å². The maximum atomic E-state index is 12.0. The second kappa shape index (κ2) is 5.63. The summed E-state index contributed by atoms with van der Waals surface area (Å²) < 4.78 is 0.710. The second-order valence-electron chi connectivity index (χ2n) is 3.96. The number of hydrogen-bond donors (Lipinski definition) is 3. The van der Waals surface area contributed by atoms with Gasteiger partial charge in [-0.2, -0.15) is 5.26 Å². The van der Waals surface area contributed by atoms with E-state index in [1.807, 2.05) is 6.07 Å². The third kappa shape index (κ3) is 2.90. The van der Waals surface area contributed by atoms with Crippen LogP contribution in [0.5, 0.6) is 11.5 Å². The molecule has 2 aromatic carbocycles. The highest BCUT2D eigenvalue weighted by molar-refractivity contribution is 9.10. The zero-order valence-corrected chi connectivity index (χ0v) is 11.7. The van der Waals surface area contributed by atoms with Crippen molar-refractivity contribution < 1.29 is 15.0 Å². The Morgan fingerprint density at radius 2 is 1.95 bits per heavy atom. The minimum absolute atomic E-state index is 0.00617. The summed E-state index contributed by atoms with van der Waals surface area (Å²) >= 11 is 3.25. The van der Waals surface area contributed by atoms with E-state index in [1.165, 1.54) is 12.1 Å². The van der Waals surface area contributed by atoms with Crippen molar-refractivity contribution in [3.05, 3.63) is 52.0 Å². The topological polar surface area (TPSA) is 93.4 Å². The van der Waals surface area contributed by atoms with Crippen LogP contribution in [0.1, 0.15) is 15.9 Å². The van der Waals surface area contributed by atoms with Gasteiger partial charge in [0.2, 0.25) is 0 Å². The zero-order valence-electron chi connectivity index (χ0n) is 10.1. The summed E-state index contributed by atoms with van der Waals surface area (Å²) in [5, 5.41) is 30.3. The molecular weight excluding hydrogens is 324 g/mol. The molecule has 0 spiro atoms. The molecule has 0 atom stereocenters. The number of rotatable bonds is 2. The normalized spacial score (nSPS) is 9.80. The van der Waals surface area contributed by atoms with Crippen LogP contribution in [-0.2, 0) is 0 Å². The van der Waals surface area contributed by atoms with Crippen molar-refractivity contribution in [2.45, 2.75) is 0 Å². The first kappa shape index (κ1) is 13.9. The van der Waals surface area contributed by atoms with Crippen molar-refractivity contribution in [2.75, 3.05) is 5.32 Å². The molecule has 0 saturated carbocycles. The molecule has 1 amide bonds. The number of phenols is 2. The quantitative estimate of drug-likeness (QED) is 0.788. The van der Waals surface area contributed by atoms with Crippen LogP contribution in [0.2, 0.25) is 0 Å². The minimum atomic E-state index is -0.572. The number of amides is 1. The van der Waals surface area contributed by atoms with E-state index in [9.17, 15) is 15.0 Å². The van der Waals surface area contributed by atoms with Gasteiger partial charge in [0.05, 0.1) is 16.8 Å². The van der Waals surface area contributed by atoms with Gasteiger partial charge in [-0.05, 0) is 30.3 Å². The van der Waals surface area contributed by atoms with Crippen molar-refractivity contribution in [1.29, 1.82) is 5.26 Å². The highest BCUT2D eigenvalue weighted by Crippen LogP contribution is 2.25. The zero-order chi connectivity index (χ0) is 14.7. The van der Waals surface area contributed by atoms with E-state index >= 15 is 0 Å². The summed E-state index contributed by atoms with van der Waals surface area (Å²) in [7, 11) is 0. The first-order chi connectivity index (χ1) is 9.51. The molecule has 0 radical (unpaired) electrons. The van der Waals surface area contributed by atoms with Gasteiger partial charge >= 0.3 is 0 Å². The van der Waals surface area contributed by atoms with Crippen LogP contribution < -0.4 is 5.32 Å². The predicted molar refractivity (Wildman–Crippen MR) is 76.6 cm³/mol. The van der Waals surface area contributed by atoms with Crippen LogP contribution in [0, 0.1) is 11.3 Å². The highest BCUT2D eigenvalue weighted by Gasteiger charge is 2.13. The Morgan fingerprint density at radius 1 is 1.20 bits per heavy atom. The molecule has 3 N–H and O–H groups in total. The van der Waals surface area contributed by atoms with Gasteiger partial charge in [0.25, 0.3) is 5.91 Å². The number of benzene rings is 2. The van der Waals surface area contributed by atoms with E-state index in [-0.39, 0.29) is 17.1 Å². The van der Waals surface area contributed by atoms with Crippen LogP contribution in [-0.4, -0.2) is 16.1 Å². The Hall–Kier alpha value is -2.52. The number of aromatic hydroxyl groups is 2. The number of carbonyl (C=O) groups excluding carboxylic acids is 1. The number of nitriles is 1. The molecule has 0 aliphatic rings. The highest BCUT2D eigenvalue weighted by atomic mass is 79.9. The maximum absolute atomic E-state index is 12.0. The summed E-state index contributed by atoms with van der Waals surface area (Å²) in [6, 6.07) is 10.5. The van der Waals surface area contributed by atoms with Gasteiger partial charge in [-0.1, -0.05) is 15.9 Å². The predicted octanol–water partition coefficient (Wildman–Crippen LogP) is 2.98. The van der Waals surface area contributed by atoms with Crippen LogP contribution in [0.25, 0.3) is 0 Å². The summed E-state index contributed by atoms with van der Waals surface area (Å²) in [4.78, 5) is 12.0. The summed E-state index contributed by atoms with van der Waals surface area (Å²) in [6.07, 6.45) is 0. The molecule has 5 nitrogen and oxygen atoms in total. The number of phenolic OH excluding ortho intramolecular Hbond substituents is 2. The molecule has 0 aliphatic carbocycles. The number of halogens is 1. The minimum Gasteiger partial charge on any atom is -0.508 e. The Bertz CT molecular complexity index is 723. The fourth-order valence-corrected chi connectivity index (χ4v) is 1.98. The standard InChI is InChI=1S/C14H9BrN2O3/c15-9-2-1-8(7-16)12(5-9)17-14(20)11-4-3-10(18)6-13(11)19/h1-6,18-19H,(H,17,20). The fourth-order valence-electron chi connectivity index (χ4n) is 1.62. The molecule has 0 aromatic heterocycles. The van der Waals surface area contributed by atoms with E-state index in [1.54, 1.807) is 18.2 Å². The Morgan fingerprint density at radius 3 is 2.60 bits per heavy atom. The number of carbonyl (C=O) groups is 1. The molecule has 0 unspecified atom stereocenters. The van der Waals surface area contributed by atoms with Gasteiger partial charge in [-0.25, -0.2) is 0 Å². The molecular formula is C14H9BrN2O3. The monoisotopic (exact) mass is 332 g/mol. The molecule has 6 heteroatoms. The average molecular weight is 333 g/mol. The number of anilines is 1. The van der Waals surface area contributed by atoms with Crippen LogP contribution in [0.3, 0.4) is 0 Å². The largest absolute Gasteiger partial charge is 0.508 e. The summed E-state index contributed by atoms with van der Waals surface area (Å²) in [5.41, 5.74) is 0.644. The van der Waals surface area contributed by atoms with Crippen molar-refractivity contribution in [3.63, 3.8) is 0 Å². The van der Waals surface area contributed by atoms with Crippen molar-refractivity contribution in [3.8, 4) is 17.6 Å². The second-order valence-corrected chi connectivity index (χ2v) is 4.87. The van der Waals surface area contributed by atoms with E-state index in [0.29, 0.717) is 15.7 Å². The smallest absolute Gasteiger partial charge is 0.259 e. The fraction of sp³-hybridized carbons (Fsp3) is 0. The molecule has 2 aromatic rings. The first-order valence-electron chi connectivity index (χ1n) is 5.54. The summed E-state index contributed by atoms with van der Waals surface area (Å²) in [6.45, 7) is 0. The van der Waals surface area contributed by atoms with E-state index in [0.717, 1.165) is 6.07 Å². The van der Waals surface area contributed by atoms with Crippen molar-refractivity contribution in [1.82, 2.24) is 0 Å². The Kier molecular flexibility index (Phi) is 3.91. The maximum Gasteiger partial charge on any atom is 0.259 e. The third-order valence-corrected chi connectivity index (χ3v) is 3.07. The van der Waals surface area contributed by atoms with Crippen LogP contribution >= 0.6 is 15.9 Å². The van der Waals surface area contributed by atoms with Gasteiger partial charge in [0.15, 0.2) is 0 Å². The van der Waals surface area contributed by atoms with E-state index < -0.39 is 5.91 Å². The molecule has 0 saturated heterocycles. The molecule has 0 heterocycles. The lowest BCUT2D eigenvalue weighted by Crippen LogP contribution is -2.13. The molecule has 0 fully saturated rings. The average Bonchev–Trinajstić information content (AvgIpc) is 2.38. The molecule has 2 rings (SSSR count). The molecule has 100 valence electrons. The number of nitrogens with zero attached hydrogens (tertiary/aromatic N) is 1. The van der Waals surface area contributed by atoms with Gasteiger partial charge in [-0.15, -0.1) is 0 Å². The molecule has 20 heavy (non-hydrogen) atoms. The van der Waals surface area contributed by atoms with Crippen molar-refractivity contribution >= 4 is 27.5 Å². The third-order valence-electron chi connectivity index (χ3n) is 2.58.